The highest BCUT2D eigenvalue weighted by Crippen LogP contribution is 2.11. The molecule has 0 radical (unpaired) electrons. The number of thiol groups is 1. The number of hydrogen-bond donors (Lipinski definition) is 5. The number of guanidine groups is 1. The van der Waals surface area contributed by atoms with Crippen molar-refractivity contribution in [2.45, 2.75) is 0 Å². The fraction of sp³-hybridized carbons (Fsp3) is 0.0667. The predicted octanol–water partition coefficient (Wildman–Crippen LogP) is 2.84. The summed E-state index contributed by atoms with van der Waals surface area (Å²) in [6, 6.07) is 12.6. The largest absolute Gasteiger partial charge is 0.373 e. The zero-order chi connectivity index (χ0) is 15.9. The Bertz CT molecular complexity index is 725. The van der Waals surface area contributed by atoms with Crippen molar-refractivity contribution in [2.24, 2.45) is 4.99 Å². The third-order valence-electron chi connectivity index (χ3n) is 2.77. The lowest BCUT2D eigenvalue weighted by atomic mass is 10.2. The molecule has 1 heterocycles. The number of nitrogens with one attached hydrogen (secondary N) is 4. The van der Waals surface area contributed by atoms with Gasteiger partial charge in [0.25, 0.3) is 0 Å². The molecule has 112 valence electrons. The van der Waals surface area contributed by atoms with Crippen molar-refractivity contribution in [3.05, 3.63) is 53.7 Å². The smallest absolute Gasteiger partial charge is 0.220 e. The molecule has 6 nitrogen and oxygen atoms in total. The van der Waals surface area contributed by atoms with Crippen LogP contribution in [0.2, 0.25) is 0 Å². The summed E-state index contributed by atoms with van der Waals surface area (Å²) < 4.78 is 0. The first-order chi connectivity index (χ1) is 10.6. The number of pyridine rings is 1. The van der Waals surface area contributed by atoms with Crippen molar-refractivity contribution < 1.29 is 0 Å². The van der Waals surface area contributed by atoms with Crippen LogP contribution >= 0.6 is 12.6 Å². The molecule has 4 N–H and O–H groups in total. The highest BCUT2D eigenvalue weighted by atomic mass is 32.1. The fourth-order valence-corrected chi connectivity index (χ4v) is 1.96. The summed E-state index contributed by atoms with van der Waals surface area (Å²) in [6.45, 7) is 0. The Morgan fingerprint density at radius 1 is 1.27 bits per heavy atom. The van der Waals surface area contributed by atoms with Crippen LogP contribution in [0.5, 0.6) is 0 Å². The minimum Gasteiger partial charge on any atom is -0.373 e. The van der Waals surface area contributed by atoms with Crippen LogP contribution in [0.1, 0.15) is 11.3 Å². The SMILES string of the molecule is CNc1cccc(/C(S)=N/C(=N)Nc2cccc(C=N)c2)n1. The standard InChI is InChI=1S/C15H16N6S/c1-18-13-7-3-6-12(20-13)14(22)21-15(17)19-11-5-2-4-10(8-11)9-16/h2-9,16H,1H3,(H,18,20)(H3,17,19,21,22). The summed E-state index contributed by atoms with van der Waals surface area (Å²) in [4.78, 5) is 8.39. The normalized spacial score (nSPS) is 10.9. The van der Waals surface area contributed by atoms with Gasteiger partial charge in [-0.05, 0) is 29.8 Å². The Labute approximate surface area is 134 Å². The lowest BCUT2D eigenvalue weighted by molar-refractivity contribution is 1.26. The number of rotatable bonds is 4. The molecular formula is C15H16N6S. The van der Waals surface area contributed by atoms with Gasteiger partial charge in [0.15, 0.2) is 0 Å². The molecule has 22 heavy (non-hydrogen) atoms. The quantitative estimate of drug-likeness (QED) is 0.341. The Morgan fingerprint density at radius 2 is 2.05 bits per heavy atom. The van der Waals surface area contributed by atoms with E-state index in [1.807, 2.05) is 18.2 Å². The van der Waals surface area contributed by atoms with Crippen molar-refractivity contribution >= 4 is 41.4 Å². The molecule has 0 spiro atoms. The lowest BCUT2D eigenvalue weighted by Gasteiger charge is -2.06. The van der Waals surface area contributed by atoms with Gasteiger partial charge in [0.1, 0.15) is 10.9 Å². The average Bonchev–Trinajstić information content (AvgIpc) is 2.54. The maximum Gasteiger partial charge on any atom is 0.220 e. The second-order valence-electron chi connectivity index (χ2n) is 4.34. The van der Waals surface area contributed by atoms with Crippen LogP contribution in [0, 0.1) is 10.8 Å². The van der Waals surface area contributed by atoms with Crippen molar-refractivity contribution in [3.8, 4) is 0 Å². The highest BCUT2D eigenvalue weighted by molar-refractivity contribution is 7.97. The van der Waals surface area contributed by atoms with Gasteiger partial charge < -0.3 is 16.0 Å². The molecule has 2 aromatic rings. The van der Waals surface area contributed by atoms with Crippen molar-refractivity contribution in [1.82, 2.24) is 4.98 Å². The predicted molar refractivity (Wildman–Crippen MR) is 95.0 cm³/mol. The van der Waals surface area contributed by atoms with Crippen LogP contribution in [0.15, 0.2) is 47.5 Å². The monoisotopic (exact) mass is 312 g/mol. The van der Waals surface area contributed by atoms with Gasteiger partial charge in [0.05, 0.1) is 5.69 Å². The average molecular weight is 312 g/mol. The number of benzene rings is 1. The van der Waals surface area contributed by atoms with Crippen LogP contribution in [-0.4, -0.2) is 29.2 Å². The zero-order valence-corrected chi connectivity index (χ0v) is 12.9. The summed E-state index contributed by atoms with van der Waals surface area (Å²) in [6.07, 6.45) is 1.25. The van der Waals surface area contributed by atoms with Crippen molar-refractivity contribution in [2.75, 3.05) is 17.7 Å². The van der Waals surface area contributed by atoms with Crippen LogP contribution < -0.4 is 10.6 Å². The molecule has 0 amide bonds. The fourth-order valence-electron chi connectivity index (χ4n) is 1.73. The van der Waals surface area contributed by atoms with E-state index in [2.05, 4.69) is 33.2 Å². The Kier molecular flexibility index (Phi) is 5.26. The molecule has 2 rings (SSSR count). The minimum atomic E-state index is -0.0520. The molecule has 0 saturated carbocycles. The van der Waals surface area contributed by atoms with Gasteiger partial charge in [-0.2, -0.15) is 0 Å². The second-order valence-corrected chi connectivity index (χ2v) is 4.76. The van der Waals surface area contributed by atoms with Gasteiger partial charge in [-0.15, -0.1) is 12.6 Å². The maximum absolute atomic E-state index is 7.88. The third kappa shape index (κ3) is 4.16. The van der Waals surface area contributed by atoms with E-state index < -0.39 is 0 Å². The van der Waals surface area contributed by atoms with Crippen molar-refractivity contribution in [1.29, 1.82) is 10.8 Å². The van der Waals surface area contributed by atoms with Gasteiger partial charge in [0, 0.05) is 18.9 Å². The second kappa shape index (κ2) is 7.37. The molecule has 1 aromatic carbocycles. The number of nitrogens with zero attached hydrogens (tertiary/aromatic N) is 2. The van der Waals surface area contributed by atoms with Gasteiger partial charge in [-0.3, -0.25) is 5.41 Å². The summed E-state index contributed by atoms with van der Waals surface area (Å²) in [7, 11) is 1.78. The van der Waals surface area contributed by atoms with Gasteiger partial charge in [0.2, 0.25) is 5.96 Å². The molecule has 1 aromatic heterocycles. The molecule has 0 unspecified atom stereocenters. The molecule has 0 fully saturated rings. The number of hydrogen-bond acceptors (Lipinski definition) is 4. The van der Waals surface area contributed by atoms with Crippen LogP contribution in [-0.2, 0) is 0 Å². The Hall–Kier alpha value is -2.67. The summed E-state index contributed by atoms with van der Waals surface area (Å²) in [5, 5.41) is 21.2. The van der Waals surface area contributed by atoms with Crippen LogP contribution in [0.3, 0.4) is 0 Å². The molecule has 7 heteroatoms. The molecule has 0 bridgehead atoms. The summed E-state index contributed by atoms with van der Waals surface area (Å²) in [5.74, 6) is 0.654. The summed E-state index contributed by atoms with van der Waals surface area (Å²) >= 11 is 4.29. The highest BCUT2D eigenvalue weighted by Gasteiger charge is 2.04. The zero-order valence-electron chi connectivity index (χ0n) is 12.0. The first kappa shape index (κ1) is 15.7. The topological polar surface area (TPSA) is 97.0 Å². The Morgan fingerprint density at radius 3 is 2.77 bits per heavy atom. The Balaban J connectivity index is 2.13. The lowest BCUT2D eigenvalue weighted by Crippen LogP contribution is -2.10. The van der Waals surface area contributed by atoms with E-state index in [-0.39, 0.29) is 5.96 Å². The molecule has 0 aliphatic heterocycles. The van der Waals surface area contributed by atoms with E-state index >= 15 is 0 Å². The first-order valence-electron chi connectivity index (χ1n) is 6.51. The number of aromatic nitrogens is 1. The molecule has 0 saturated heterocycles. The minimum absolute atomic E-state index is 0.0520. The van der Waals surface area contributed by atoms with Gasteiger partial charge in [-0.25, -0.2) is 9.98 Å². The molecule has 0 atom stereocenters. The van der Waals surface area contributed by atoms with Crippen LogP contribution in [0.25, 0.3) is 0 Å². The first-order valence-corrected chi connectivity index (χ1v) is 6.96. The molecule has 0 aliphatic rings. The van der Waals surface area contributed by atoms with E-state index in [1.165, 1.54) is 6.21 Å². The summed E-state index contributed by atoms with van der Waals surface area (Å²) in [5.41, 5.74) is 2.01. The number of aliphatic imine (C=N–C) groups is 1. The third-order valence-corrected chi connectivity index (χ3v) is 3.10. The van der Waals surface area contributed by atoms with E-state index in [9.17, 15) is 0 Å². The van der Waals surface area contributed by atoms with Crippen LogP contribution in [0.4, 0.5) is 11.5 Å². The van der Waals surface area contributed by atoms with E-state index in [1.54, 1.807) is 31.3 Å². The maximum atomic E-state index is 7.88. The van der Waals surface area contributed by atoms with E-state index in [0.29, 0.717) is 22.2 Å². The van der Waals surface area contributed by atoms with Gasteiger partial charge in [-0.1, -0.05) is 18.2 Å². The molecular weight excluding hydrogens is 296 g/mol. The van der Waals surface area contributed by atoms with E-state index in [4.69, 9.17) is 10.8 Å². The number of anilines is 2. The van der Waals surface area contributed by atoms with E-state index in [0.717, 1.165) is 5.56 Å². The molecule has 0 aliphatic carbocycles. The van der Waals surface area contributed by atoms with Gasteiger partial charge >= 0.3 is 0 Å². The van der Waals surface area contributed by atoms with Crippen molar-refractivity contribution in [3.63, 3.8) is 0 Å².